The van der Waals surface area contributed by atoms with Gasteiger partial charge in [0.15, 0.2) is 0 Å². The van der Waals surface area contributed by atoms with E-state index in [1.807, 2.05) is 75.4 Å². The predicted molar refractivity (Wildman–Crippen MR) is 184 cm³/mol. The molecule has 0 radical (unpaired) electrons. The largest absolute Gasteiger partial charge is 0.350 e. The standard InChI is InChI=1S/C35H37BrClN3O4S/c1-25-18-19-29(37)22-31(25)40(45(43,44)30-16-9-6-10-17-30)24-33(41)39(23-27-14-11-15-28(36)20-27)32(34(42)38-35(2,3)4)21-26-12-7-5-8-13-26/h5-20,22,32H,21,23-24H2,1-4H3,(H,38,42). The van der Waals surface area contributed by atoms with Gasteiger partial charge in [-0.2, -0.15) is 0 Å². The molecular weight excluding hydrogens is 674 g/mol. The van der Waals surface area contributed by atoms with Crippen LogP contribution in [-0.4, -0.2) is 43.3 Å². The molecule has 7 nitrogen and oxygen atoms in total. The van der Waals surface area contributed by atoms with Crippen molar-refractivity contribution in [1.29, 1.82) is 0 Å². The van der Waals surface area contributed by atoms with Crippen molar-refractivity contribution in [3.8, 4) is 0 Å². The van der Waals surface area contributed by atoms with E-state index in [1.165, 1.54) is 23.1 Å². The van der Waals surface area contributed by atoms with Crippen LogP contribution in [0.1, 0.15) is 37.5 Å². The van der Waals surface area contributed by atoms with E-state index in [0.29, 0.717) is 10.6 Å². The molecule has 0 spiro atoms. The normalized spacial score (nSPS) is 12.3. The van der Waals surface area contributed by atoms with Gasteiger partial charge < -0.3 is 10.2 Å². The molecule has 10 heteroatoms. The van der Waals surface area contributed by atoms with Gasteiger partial charge in [-0.1, -0.05) is 94.3 Å². The Labute approximate surface area is 279 Å². The van der Waals surface area contributed by atoms with Gasteiger partial charge in [0.2, 0.25) is 11.8 Å². The van der Waals surface area contributed by atoms with E-state index < -0.39 is 34.1 Å². The Morgan fingerprint density at radius 3 is 2.11 bits per heavy atom. The molecule has 0 aromatic heterocycles. The number of halogens is 2. The van der Waals surface area contributed by atoms with Crippen LogP contribution in [0.4, 0.5) is 5.69 Å². The number of nitrogens with one attached hydrogen (secondary N) is 1. The highest BCUT2D eigenvalue weighted by Gasteiger charge is 2.36. The summed E-state index contributed by atoms with van der Waals surface area (Å²) in [5.41, 5.74) is 1.96. The molecule has 4 aromatic rings. The average Bonchev–Trinajstić information content (AvgIpc) is 2.99. The molecule has 0 fully saturated rings. The van der Waals surface area contributed by atoms with Crippen molar-refractivity contribution >= 4 is 55.1 Å². The fourth-order valence-electron chi connectivity index (χ4n) is 4.92. The van der Waals surface area contributed by atoms with E-state index in [9.17, 15) is 18.0 Å². The van der Waals surface area contributed by atoms with Crippen molar-refractivity contribution < 1.29 is 18.0 Å². The second-order valence-electron chi connectivity index (χ2n) is 11.9. The van der Waals surface area contributed by atoms with E-state index >= 15 is 0 Å². The maximum Gasteiger partial charge on any atom is 0.264 e. The third kappa shape index (κ3) is 9.19. The third-order valence-corrected chi connectivity index (χ3v) is 9.56. The van der Waals surface area contributed by atoms with Gasteiger partial charge in [0.05, 0.1) is 10.6 Å². The fourth-order valence-corrected chi connectivity index (χ4v) is 7.03. The Balaban J connectivity index is 1.84. The molecule has 45 heavy (non-hydrogen) atoms. The number of carbonyl (C=O) groups is 2. The molecule has 1 unspecified atom stereocenters. The molecule has 0 aliphatic heterocycles. The zero-order chi connectivity index (χ0) is 32.8. The molecule has 0 aliphatic rings. The van der Waals surface area contributed by atoms with Gasteiger partial charge in [-0.25, -0.2) is 8.42 Å². The minimum absolute atomic E-state index is 0.0297. The summed E-state index contributed by atoms with van der Waals surface area (Å²) in [4.78, 5) is 30.1. The van der Waals surface area contributed by atoms with Crippen molar-refractivity contribution in [2.24, 2.45) is 0 Å². The first-order valence-electron chi connectivity index (χ1n) is 14.5. The van der Waals surface area contributed by atoms with E-state index in [-0.39, 0.29) is 29.5 Å². The summed E-state index contributed by atoms with van der Waals surface area (Å²) in [5.74, 6) is -0.884. The number of hydrogen-bond acceptors (Lipinski definition) is 4. The Kier molecular flexibility index (Phi) is 11.1. The predicted octanol–water partition coefficient (Wildman–Crippen LogP) is 7.16. The SMILES string of the molecule is Cc1ccc(Cl)cc1N(CC(=O)N(Cc1cccc(Br)c1)C(Cc1ccccc1)C(=O)NC(C)(C)C)S(=O)(=O)c1ccccc1. The Morgan fingerprint density at radius 2 is 1.49 bits per heavy atom. The third-order valence-electron chi connectivity index (χ3n) is 7.06. The molecule has 0 saturated carbocycles. The van der Waals surface area contributed by atoms with Gasteiger partial charge in [0.25, 0.3) is 10.0 Å². The summed E-state index contributed by atoms with van der Waals surface area (Å²) in [7, 11) is -4.22. The van der Waals surface area contributed by atoms with Crippen LogP contribution < -0.4 is 9.62 Å². The second-order valence-corrected chi connectivity index (χ2v) is 15.1. The second kappa shape index (κ2) is 14.6. The zero-order valence-electron chi connectivity index (χ0n) is 25.7. The maximum absolute atomic E-state index is 14.6. The van der Waals surface area contributed by atoms with E-state index in [1.54, 1.807) is 37.3 Å². The van der Waals surface area contributed by atoms with Gasteiger partial charge in [-0.15, -0.1) is 0 Å². The lowest BCUT2D eigenvalue weighted by Gasteiger charge is -2.35. The topological polar surface area (TPSA) is 86.8 Å². The number of aryl methyl sites for hydroxylation is 1. The van der Waals surface area contributed by atoms with Crippen molar-refractivity contribution in [3.63, 3.8) is 0 Å². The van der Waals surface area contributed by atoms with Crippen LogP contribution in [0.5, 0.6) is 0 Å². The van der Waals surface area contributed by atoms with Crippen LogP contribution in [0.2, 0.25) is 5.02 Å². The summed E-state index contributed by atoms with van der Waals surface area (Å²) < 4.78 is 30.2. The molecule has 4 rings (SSSR count). The highest BCUT2D eigenvalue weighted by molar-refractivity contribution is 9.10. The quantitative estimate of drug-likeness (QED) is 0.179. The highest BCUT2D eigenvalue weighted by Crippen LogP contribution is 2.30. The van der Waals surface area contributed by atoms with Crippen molar-refractivity contribution in [3.05, 3.63) is 129 Å². The summed E-state index contributed by atoms with van der Waals surface area (Å²) in [6.07, 6.45) is 0.226. The molecule has 0 heterocycles. The lowest BCUT2D eigenvalue weighted by atomic mass is 10.0. The molecule has 1 N–H and O–H groups in total. The van der Waals surface area contributed by atoms with Crippen LogP contribution in [-0.2, 0) is 32.6 Å². The molecule has 0 saturated heterocycles. The number of sulfonamides is 1. The minimum Gasteiger partial charge on any atom is -0.350 e. The van der Waals surface area contributed by atoms with Crippen molar-refractivity contribution in [1.82, 2.24) is 10.2 Å². The Morgan fingerprint density at radius 1 is 0.867 bits per heavy atom. The lowest BCUT2D eigenvalue weighted by molar-refractivity contribution is -0.140. The molecule has 1 atom stereocenters. The van der Waals surface area contributed by atoms with Gasteiger partial charge in [-0.3, -0.25) is 13.9 Å². The molecule has 0 aliphatic carbocycles. The summed E-state index contributed by atoms with van der Waals surface area (Å²) >= 11 is 9.85. The van der Waals surface area contributed by atoms with Gasteiger partial charge in [-0.05, 0) is 80.8 Å². The smallest absolute Gasteiger partial charge is 0.264 e. The molecular formula is C35H37BrClN3O4S. The number of nitrogens with zero attached hydrogens (tertiary/aromatic N) is 2. The number of anilines is 1. The maximum atomic E-state index is 14.6. The number of amides is 2. The van der Waals surface area contributed by atoms with Gasteiger partial charge >= 0.3 is 0 Å². The number of carbonyl (C=O) groups excluding carboxylic acids is 2. The average molecular weight is 711 g/mol. The van der Waals surface area contributed by atoms with E-state index in [0.717, 1.165) is 19.9 Å². The highest BCUT2D eigenvalue weighted by atomic mass is 79.9. The van der Waals surface area contributed by atoms with Crippen LogP contribution in [0.3, 0.4) is 0 Å². The first-order valence-corrected chi connectivity index (χ1v) is 17.1. The first kappa shape index (κ1) is 34.2. The van der Waals surface area contributed by atoms with Crippen molar-refractivity contribution in [2.45, 2.75) is 57.1 Å². The molecule has 2 amide bonds. The van der Waals surface area contributed by atoms with Crippen LogP contribution in [0.25, 0.3) is 0 Å². The monoisotopic (exact) mass is 709 g/mol. The minimum atomic E-state index is -4.22. The van der Waals surface area contributed by atoms with Crippen molar-refractivity contribution in [2.75, 3.05) is 10.8 Å². The molecule has 0 bridgehead atoms. The van der Waals surface area contributed by atoms with Gasteiger partial charge in [0, 0.05) is 28.0 Å². The zero-order valence-corrected chi connectivity index (χ0v) is 28.9. The van der Waals surface area contributed by atoms with Crippen LogP contribution in [0, 0.1) is 6.92 Å². The number of rotatable bonds is 11. The fraction of sp³-hybridized carbons (Fsp3) is 0.257. The summed E-state index contributed by atoms with van der Waals surface area (Å²) in [6, 6.07) is 28.9. The number of benzene rings is 4. The Bertz CT molecular complexity index is 1750. The van der Waals surface area contributed by atoms with Crippen LogP contribution in [0.15, 0.2) is 112 Å². The Hall–Kier alpha value is -3.66. The lowest BCUT2D eigenvalue weighted by Crippen LogP contribution is -2.56. The van der Waals surface area contributed by atoms with E-state index in [4.69, 9.17) is 11.6 Å². The summed E-state index contributed by atoms with van der Waals surface area (Å²) in [6.45, 7) is 6.91. The molecule has 236 valence electrons. The number of hydrogen-bond donors (Lipinski definition) is 1. The molecule has 4 aromatic carbocycles. The van der Waals surface area contributed by atoms with Crippen LogP contribution >= 0.6 is 27.5 Å². The summed E-state index contributed by atoms with van der Waals surface area (Å²) in [5, 5.41) is 3.37. The van der Waals surface area contributed by atoms with E-state index in [2.05, 4.69) is 21.2 Å². The first-order chi connectivity index (χ1) is 21.2. The van der Waals surface area contributed by atoms with Gasteiger partial charge in [0.1, 0.15) is 12.6 Å².